The molecule has 0 fully saturated rings. The van der Waals surface area contributed by atoms with Gasteiger partial charge in [-0.05, 0) is 29.3 Å². The van der Waals surface area contributed by atoms with Gasteiger partial charge in [0, 0.05) is 5.69 Å². The molecule has 1 aromatic carbocycles. The third kappa shape index (κ3) is 2.81. The normalized spacial score (nSPS) is 11.5. The Morgan fingerprint density at radius 2 is 2.16 bits per heavy atom. The number of nitrogens with one attached hydrogen (secondary N) is 1. The molecule has 2 aromatic rings. The molecule has 0 atom stereocenters. The van der Waals surface area contributed by atoms with E-state index in [4.69, 9.17) is 5.73 Å². The molecule has 102 valence electrons. The molecule has 0 spiro atoms. The molecule has 1 heterocycles. The number of tetrazole rings is 1. The van der Waals surface area contributed by atoms with Crippen LogP contribution in [0.4, 0.5) is 11.6 Å². The summed E-state index contributed by atoms with van der Waals surface area (Å²) in [7, 11) is -2.23. The van der Waals surface area contributed by atoms with E-state index in [2.05, 4.69) is 20.1 Å². The molecule has 0 saturated carbocycles. The molecule has 0 radical (unpaired) electrons. The molecule has 19 heavy (non-hydrogen) atoms. The number of benzene rings is 1. The SMILES string of the molecule is CCc1ccc(N)cc1S(=O)(=O)Nc1nnn(C)n1. The van der Waals surface area contributed by atoms with Crippen LogP contribution in [0.3, 0.4) is 0 Å². The van der Waals surface area contributed by atoms with E-state index < -0.39 is 10.0 Å². The Morgan fingerprint density at radius 1 is 1.42 bits per heavy atom. The fraction of sp³-hybridized carbons (Fsp3) is 0.300. The van der Waals surface area contributed by atoms with Gasteiger partial charge in [-0.15, -0.1) is 5.10 Å². The fourth-order valence-corrected chi connectivity index (χ4v) is 2.89. The van der Waals surface area contributed by atoms with Crippen LogP contribution in [0.5, 0.6) is 0 Å². The molecule has 0 aliphatic carbocycles. The van der Waals surface area contributed by atoms with Crippen molar-refractivity contribution in [2.75, 3.05) is 10.5 Å². The Balaban J connectivity index is 2.41. The Morgan fingerprint density at radius 3 is 2.74 bits per heavy atom. The zero-order chi connectivity index (χ0) is 14.0. The van der Waals surface area contributed by atoms with E-state index >= 15 is 0 Å². The van der Waals surface area contributed by atoms with E-state index in [-0.39, 0.29) is 10.8 Å². The van der Waals surface area contributed by atoms with Gasteiger partial charge in [-0.3, -0.25) is 0 Å². The minimum Gasteiger partial charge on any atom is -0.399 e. The van der Waals surface area contributed by atoms with E-state index in [0.717, 1.165) is 4.80 Å². The predicted octanol–water partition coefficient (Wildman–Crippen LogP) is 0.155. The number of sulfonamides is 1. The maximum Gasteiger partial charge on any atom is 0.277 e. The standard InChI is InChI=1S/C10H14N6O2S/c1-3-7-4-5-8(11)6-9(7)19(17,18)14-10-12-15-16(2)13-10/h4-6H,3,11H2,1-2H3,(H,13,14). The molecule has 3 N–H and O–H groups in total. The van der Waals surface area contributed by atoms with Gasteiger partial charge in [0.2, 0.25) is 0 Å². The van der Waals surface area contributed by atoms with Gasteiger partial charge in [-0.1, -0.05) is 18.1 Å². The van der Waals surface area contributed by atoms with Crippen LogP contribution >= 0.6 is 0 Å². The van der Waals surface area contributed by atoms with Crippen LogP contribution in [0.2, 0.25) is 0 Å². The number of aryl methyl sites for hydroxylation is 2. The Bertz CT molecular complexity index is 694. The number of nitrogen functional groups attached to an aromatic ring is 1. The highest BCUT2D eigenvalue weighted by Crippen LogP contribution is 2.21. The first-order valence-electron chi connectivity index (χ1n) is 5.57. The highest BCUT2D eigenvalue weighted by molar-refractivity contribution is 7.92. The van der Waals surface area contributed by atoms with Crippen molar-refractivity contribution in [3.05, 3.63) is 23.8 Å². The van der Waals surface area contributed by atoms with Gasteiger partial charge in [0.1, 0.15) is 0 Å². The summed E-state index contributed by atoms with van der Waals surface area (Å²) in [6.07, 6.45) is 0.574. The van der Waals surface area contributed by atoms with Crippen molar-refractivity contribution in [2.24, 2.45) is 7.05 Å². The summed E-state index contributed by atoms with van der Waals surface area (Å²) in [5, 5.41) is 10.9. The number of nitrogens with two attached hydrogens (primary N) is 1. The van der Waals surface area contributed by atoms with Crippen LogP contribution in [0.25, 0.3) is 0 Å². The van der Waals surface area contributed by atoms with Crippen LogP contribution in [0.15, 0.2) is 23.1 Å². The van der Waals surface area contributed by atoms with Gasteiger partial charge in [0.05, 0.1) is 11.9 Å². The molecule has 0 aliphatic heterocycles. The molecular weight excluding hydrogens is 268 g/mol. The van der Waals surface area contributed by atoms with E-state index in [1.54, 1.807) is 19.2 Å². The lowest BCUT2D eigenvalue weighted by atomic mass is 10.1. The van der Waals surface area contributed by atoms with Crippen LogP contribution in [0, 0.1) is 0 Å². The molecule has 0 amide bonds. The highest BCUT2D eigenvalue weighted by atomic mass is 32.2. The van der Waals surface area contributed by atoms with Crippen molar-refractivity contribution in [1.82, 2.24) is 20.2 Å². The Kier molecular flexibility index (Phi) is 3.38. The molecular formula is C10H14N6O2S. The minimum absolute atomic E-state index is 0.0769. The third-order valence-corrected chi connectivity index (χ3v) is 3.91. The van der Waals surface area contributed by atoms with Crippen LogP contribution in [0.1, 0.15) is 12.5 Å². The van der Waals surface area contributed by atoms with E-state index in [0.29, 0.717) is 17.7 Å². The lowest BCUT2D eigenvalue weighted by molar-refractivity contribution is 0.599. The van der Waals surface area contributed by atoms with Crippen molar-refractivity contribution >= 4 is 21.7 Å². The fourth-order valence-electron chi connectivity index (χ4n) is 1.61. The van der Waals surface area contributed by atoms with Gasteiger partial charge < -0.3 is 5.73 Å². The Labute approximate surface area is 110 Å². The average Bonchev–Trinajstić information content (AvgIpc) is 2.74. The zero-order valence-electron chi connectivity index (χ0n) is 10.5. The molecule has 0 saturated heterocycles. The molecule has 9 heteroatoms. The van der Waals surface area contributed by atoms with Gasteiger partial charge in [-0.25, -0.2) is 13.1 Å². The monoisotopic (exact) mass is 282 g/mol. The number of rotatable bonds is 4. The van der Waals surface area contributed by atoms with E-state index in [9.17, 15) is 8.42 Å². The quantitative estimate of drug-likeness (QED) is 0.771. The largest absolute Gasteiger partial charge is 0.399 e. The Hall–Kier alpha value is -2.16. The second-order valence-electron chi connectivity index (χ2n) is 3.93. The third-order valence-electron chi connectivity index (χ3n) is 2.50. The van der Waals surface area contributed by atoms with Crippen molar-refractivity contribution < 1.29 is 8.42 Å². The summed E-state index contributed by atoms with van der Waals surface area (Å²) >= 11 is 0. The van der Waals surface area contributed by atoms with Crippen molar-refractivity contribution in [2.45, 2.75) is 18.2 Å². The van der Waals surface area contributed by atoms with Crippen LogP contribution < -0.4 is 10.5 Å². The topological polar surface area (TPSA) is 116 Å². The summed E-state index contributed by atoms with van der Waals surface area (Å²) in [4.78, 5) is 1.29. The first-order valence-corrected chi connectivity index (χ1v) is 7.06. The predicted molar refractivity (Wildman–Crippen MR) is 69.8 cm³/mol. The van der Waals surface area contributed by atoms with Crippen molar-refractivity contribution in [3.63, 3.8) is 0 Å². The van der Waals surface area contributed by atoms with E-state index in [1.807, 2.05) is 6.92 Å². The van der Waals surface area contributed by atoms with Crippen molar-refractivity contribution in [3.8, 4) is 0 Å². The molecule has 2 rings (SSSR count). The summed E-state index contributed by atoms with van der Waals surface area (Å²) in [5.41, 5.74) is 6.69. The number of nitrogens with zero attached hydrogens (tertiary/aromatic N) is 4. The van der Waals surface area contributed by atoms with E-state index in [1.165, 1.54) is 6.07 Å². The van der Waals surface area contributed by atoms with Crippen molar-refractivity contribution in [1.29, 1.82) is 0 Å². The molecule has 0 aliphatic rings. The molecule has 1 aromatic heterocycles. The van der Waals surface area contributed by atoms with Gasteiger partial charge in [0.25, 0.3) is 16.0 Å². The lowest BCUT2D eigenvalue weighted by Crippen LogP contribution is -2.16. The number of hydrogen-bond donors (Lipinski definition) is 2. The maximum atomic E-state index is 12.3. The summed E-state index contributed by atoms with van der Waals surface area (Å²) in [6, 6.07) is 4.77. The first-order chi connectivity index (χ1) is 8.92. The summed E-state index contributed by atoms with van der Waals surface area (Å²) in [5.74, 6) is -0.0769. The second kappa shape index (κ2) is 4.84. The van der Waals surface area contributed by atoms with Crippen LogP contribution in [-0.4, -0.2) is 28.6 Å². The lowest BCUT2D eigenvalue weighted by Gasteiger charge is -2.09. The number of hydrogen-bond acceptors (Lipinski definition) is 6. The smallest absolute Gasteiger partial charge is 0.277 e. The molecule has 8 nitrogen and oxygen atoms in total. The second-order valence-corrected chi connectivity index (χ2v) is 5.58. The average molecular weight is 282 g/mol. The minimum atomic E-state index is -3.77. The molecule has 0 bridgehead atoms. The first kappa shape index (κ1) is 13.3. The number of aromatic nitrogens is 4. The van der Waals surface area contributed by atoms with Gasteiger partial charge >= 0.3 is 0 Å². The van der Waals surface area contributed by atoms with Crippen LogP contribution in [-0.2, 0) is 23.5 Å². The van der Waals surface area contributed by atoms with Gasteiger partial charge in [0.15, 0.2) is 0 Å². The zero-order valence-corrected chi connectivity index (χ0v) is 11.3. The highest BCUT2D eigenvalue weighted by Gasteiger charge is 2.20. The van der Waals surface area contributed by atoms with Gasteiger partial charge in [-0.2, -0.15) is 4.80 Å². The summed E-state index contributed by atoms with van der Waals surface area (Å²) < 4.78 is 26.8. The summed E-state index contributed by atoms with van der Waals surface area (Å²) in [6.45, 7) is 1.87. The molecule has 0 unspecified atom stereocenters. The number of anilines is 2. The maximum absolute atomic E-state index is 12.3.